The van der Waals surface area contributed by atoms with Gasteiger partial charge in [0.15, 0.2) is 0 Å². The summed E-state index contributed by atoms with van der Waals surface area (Å²) in [5.41, 5.74) is 1.94. The fourth-order valence-electron chi connectivity index (χ4n) is 1.38. The van der Waals surface area contributed by atoms with Gasteiger partial charge in [0.25, 0.3) is 0 Å². The number of imidazole rings is 1. The quantitative estimate of drug-likeness (QED) is 0.682. The fourth-order valence-corrected chi connectivity index (χ4v) is 1.38. The number of rotatable bonds is 3. The maximum atomic E-state index is 10.4. The number of aldehydes is 1. The Bertz CT molecular complexity index is 420. The number of benzene rings is 1. The van der Waals surface area contributed by atoms with Crippen LogP contribution in [0.2, 0.25) is 0 Å². The van der Waals surface area contributed by atoms with Crippen LogP contribution < -0.4 is 0 Å². The van der Waals surface area contributed by atoms with Crippen molar-refractivity contribution < 1.29 is 4.79 Å². The van der Waals surface area contributed by atoms with E-state index in [0.717, 1.165) is 17.7 Å². The lowest BCUT2D eigenvalue weighted by Gasteiger charge is -2.04. The first-order valence-electron chi connectivity index (χ1n) is 4.42. The molecule has 2 aromatic rings. The zero-order chi connectivity index (χ0) is 9.80. The average molecular weight is 186 g/mol. The van der Waals surface area contributed by atoms with Gasteiger partial charge in [0.1, 0.15) is 6.29 Å². The lowest BCUT2D eigenvalue weighted by atomic mass is 10.3. The van der Waals surface area contributed by atoms with Crippen molar-refractivity contribution in [2.24, 2.45) is 0 Å². The molecule has 70 valence electrons. The second-order valence-corrected chi connectivity index (χ2v) is 2.96. The van der Waals surface area contributed by atoms with Gasteiger partial charge in [-0.2, -0.15) is 0 Å². The molecule has 2 rings (SSSR count). The molecule has 1 heterocycles. The maximum absolute atomic E-state index is 10.4. The Kier molecular flexibility index (Phi) is 2.40. The van der Waals surface area contributed by atoms with E-state index >= 15 is 0 Å². The molecule has 3 nitrogen and oxygen atoms in total. The monoisotopic (exact) mass is 186 g/mol. The summed E-state index contributed by atoms with van der Waals surface area (Å²) in [6.07, 6.45) is 4.71. The van der Waals surface area contributed by atoms with Gasteiger partial charge in [-0.05, 0) is 12.1 Å². The van der Waals surface area contributed by atoms with E-state index in [4.69, 9.17) is 0 Å². The van der Waals surface area contributed by atoms with E-state index in [9.17, 15) is 4.79 Å². The normalized spacial score (nSPS) is 10.0. The number of nitrogens with zero attached hydrogens (tertiary/aromatic N) is 2. The third kappa shape index (κ3) is 1.57. The van der Waals surface area contributed by atoms with Gasteiger partial charge in [0, 0.05) is 24.0 Å². The van der Waals surface area contributed by atoms with Crippen molar-refractivity contribution in [2.75, 3.05) is 0 Å². The van der Waals surface area contributed by atoms with E-state index in [1.807, 2.05) is 34.9 Å². The van der Waals surface area contributed by atoms with E-state index in [1.165, 1.54) is 0 Å². The van der Waals surface area contributed by atoms with Crippen LogP contribution in [0.15, 0.2) is 42.9 Å². The highest BCUT2D eigenvalue weighted by molar-refractivity contribution is 5.54. The van der Waals surface area contributed by atoms with Crippen LogP contribution in [0.3, 0.4) is 0 Å². The Labute approximate surface area is 82.0 Å². The van der Waals surface area contributed by atoms with E-state index in [-0.39, 0.29) is 0 Å². The first-order chi connectivity index (χ1) is 6.92. The van der Waals surface area contributed by atoms with Crippen LogP contribution >= 0.6 is 0 Å². The molecule has 1 aromatic heterocycles. The predicted octanol–water partition coefficient (Wildman–Crippen LogP) is 1.61. The third-order valence-electron chi connectivity index (χ3n) is 2.04. The summed E-state index contributed by atoms with van der Waals surface area (Å²) in [4.78, 5) is 14.4. The zero-order valence-corrected chi connectivity index (χ0v) is 7.63. The molecule has 0 saturated heterocycles. The molecule has 0 aliphatic heterocycles. The zero-order valence-electron chi connectivity index (χ0n) is 7.63. The number of carbonyl (C=O) groups is 1. The maximum Gasteiger partial charge on any atom is 0.125 e. The number of para-hydroxylation sites is 1. The molecule has 0 unspecified atom stereocenters. The van der Waals surface area contributed by atoms with Gasteiger partial charge < -0.3 is 9.36 Å². The topological polar surface area (TPSA) is 34.9 Å². The van der Waals surface area contributed by atoms with Crippen molar-refractivity contribution >= 4 is 6.29 Å². The minimum absolute atomic E-state index is 0.398. The van der Waals surface area contributed by atoms with E-state index in [1.54, 1.807) is 12.5 Å². The van der Waals surface area contributed by atoms with Gasteiger partial charge in [-0.1, -0.05) is 18.2 Å². The molecule has 14 heavy (non-hydrogen) atoms. The molecule has 3 heteroatoms. The molecule has 0 spiro atoms. The number of carbonyl (C=O) groups excluding carboxylic acids is 1. The molecule has 0 atom stereocenters. The highest BCUT2D eigenvalue weighted by atomic mass is 16.1. The molecule has 0 fully saturated rings. The van der Waals surface area contributed by atoms with Crippen LogP contribution in [-0.2, 0) is 11.2 Å². The Morgan fingerprint density at radius 3 is 2.79 bits per heavy atom. The second kappa shape index (κ2) is 3.87. The van der Waals surface area contributed by atoms with Crippen LogP contribution in [0, 0.1) is 0 Å². The minimum atomic E-state index is 0.398. The van der Waals surface area contributed by atoms with Crippen molar-refractivity contribution in [2.45, 2.75) is 6.42 Å². The summed E-state index contributed by atoms with van der Waals surface area (Å²) in [6, 6.07) is 9.84. The molecule has 0 aliphatic carbocycles. The van der Waals surface area contributed by atoms with Crippen molar-refractivity contribution in [3.63, 3.8) is 0 Å². The first kappa shape index (κ1) is 8.69. The van der Waals surface area contributed by atoms with Gasteiger partial charge in [-0.15, -0.1) is 0 Å². The number of aromatic nitrogens is 2. The molecule has 0 radical (unpaired) electrons. The fraction of sp³-hybridized carbons (Fsp3) is 0.0909. The highest BCUT2D eigenvalue weighted by Crippen LogP contribution is 2.10. The first-order valence-corrected chi connectivity index (χ1v) is 4.42. The van der Waals surface area contributed by atoms with E-state index < -0.39 is 0 Å². The third-order valence-corrected chi connectivity index (χ3v) is 2.04. The van der Waals surface area contributed by atoms with Gasteiger partial charge in [-0.25, -0.2) is 4.98 Å². The Morgan fingerprint density at radius 1 is 1.29 bits per heavy atom. The summed E-state index contributed by atoms with van der Waals surface area (Å²) in [5.74, 6) is 0. The molecule has 0 amide bonds. The van der Waals surface area contributed by atoms with Crippen molar-refractivity contribution in [1.82, 2.24) is 9.55 Å². The largest absolute Gasteiger partial charge is 0.303 e. The van der Waals surface area contributed by atoms with E-state index in [0.29, 0.717) is 6.42 Å². The molecule has 1 aromatic carbocycles. The lowest BCUT2D eigenvalue weighted by Crippen LogP contribution is -1.98. The van der Waals surface area contributed by atoms with Crippen molar-refractivity contribution in [3.8, 4) is 5.69 Å². The molecular weight excluding hydrogens is 176 g/mol. The van der Waals surface area contributed by atoms with Gasteiger partial charge in [0.2, 0.25) is 0 Å². The summed E-state index contributed by atoms with van der Waals surface area (Å²) in [7, 11) is 0. The molecule has 0 saturated carbocycles. The van der Waals surface area contributed by atoms with Crippen molar-refractivity contribution in [3.05, 3.63) is 48.5 Å². The SMILES string of the molecule is O=CCc1cncn1-c1ccccc1. The Hall–Kier alpha value is -1.90. The van der Waals surface area contributed by atoms with Crippen LogP contribution in [0.25, 0.3) is 5.69 Å². The Balaban J connectivity index is 2.41. The smallest absolute Gasteiger partial charge is 0.125 e. The molecule has 0 bridgehead atoms. The van der Waals surface area contributed by atoms with Crippen LogP contribution in [0.1, 0.15) is 5.69 Å². The van der Waals surface area contributed by atoms with Gasteiger partial charge >= 0.3 is 0 Å². The highest BCUT2D eigenvalue weighted by Gasteiger charge is 2.02. The van der Waals surface area contributed by atoms with Crippen LogP contribution in [0.4, 0.5) is 0 Å². The second-order valence-electron chi connectivity index (χ2n) is 2.96. The number of hydrogen-bond donors (Lipinski definition) is 0. The standard InChI is InChI=1S/C11H10N2O/c14-7-6-11-8-12-9-13(11)10-4-2-1-3-5-10/h1-5,7-9H,6H2. The molecule has 0 aliphatic rings. The number of hydrogen-bond acceptors (Lipinski definition) is 2. The Morgan fingerprint density at radius 2 is 2.07 bits per heavy atom. The van der Waals surface area contributed by atoms with Gasteiger partial charge in [-0.3, -0.25) is 0 Å². The van der Waals surface area contributed by atoms with Crippen LogP contribution in [-0.4, -0.2) is 15.8 Å². The summed E-state index contributed by atoms with van der Waals surface area (Å²) < 4.78 is 1.91. The van der Waals surface area contributed by atoms with E-state index in [2.05, 4.69) is 4.98 Å². The van der Waals surface area contributed by atoms with Crippen molar-refractivity contribution in [1.29, 1.82) is 0 Å². The predicted molar refractivity (Wildman–Crippen MR) is 53.3 cm³/mol. The lowest BCUT2D eigenvalue weighted by molar-refractivity contribution is -0.107. The molecular formula is C11H10N2O. The summed E-state index contributed by atoms with van der Waals surface area (Å²) >= 11 is 0. The van der Waals surface area contributed by atoms with Gasteiger partial charge in [0.05, 0.1) is 6.33 Å². The van der Waals surface area contributed by atoms with Crippen LogP contribution in [0.5, 0.6) is 0 Å². The average Bonchev–Trinajstić information content (AvgIpc) is 2.68. The summed E-state index contributed by atoms with van der Waals surface area (Å²) in [6.45, 7) is 0. The molecule has 0 N–H and O–H groups in total. The minimum Gasteiger partial charge on any atom is -0.303 e. The summed E-state index contributed by atoms with van der Waals surface area (Å²) in [5, 5.41) is 0.